The van der Waals surface area contributed by atoms with E-state index in [1.807, 2.05) is 0 Å². The summed E-state index contributed by atoms with van der Waals surface area (Å²) in [5.74, 6) is 1.80. The lowest BCUT2D eigenvalue weighted by molar-refractivity contribution is 0.0354. The second-order valence-electron chi connectivity index (χ2n) is 3.66. The van der Waals surface area contributed by atoms with Gasteiger partial charge in [0.25, 0.3) is 0 Å². The van der Waals surface area contributed by atoms with Crippen LogP contribution in [0.4, 0.5) is 0 Å². The molecular formula is C8H14OS. The van der Waals surface area contributed by atoms with Crippen LogP contribution in [0.2, 0.25) is 0 Å². The van der Waals surface area contributed by atoms with Crippen LogP contribution in [0.3, 0.4) is 0 Å². The summed E-state index contributed by atoms with van der Waals surface area (Å²) < 4.78 is 5.12. The minimum Gasteiger partial charge on any atom is -0.315 e. The molecule has 0 aromatic heterocycles. The molecule has 0 amide bonds. The molecule has 0 heterocycles. The van der Waals surface area contributed by atoms with Crippen LogP contribution >= 0.6 is 12.9 Å². The van der Waals surface area contributed by atoms with Crippen LogP contribution in [-0.2, 0) is 4.18 Å². The largest absolute Gasteiger partial charge is 0.315 e. The molecule has 0 aliphatic heterocycles. The number of fused-ring (bicyclic) bond motifs is 3. The van der Waals surface area contributed by atoms with Gasteiger partial charge in [0.1, 0.15) is 0 Å². The summed E-state index contributed by atoms with van der Waals surface area (Å²) in [6.45, 7) is 0. The maximum absolute atomic E-state index is 5.12. The van der Waals surface area contributed by atoms with Crippen molar-refractivity contribution in [2.24, 2.45) is 11.8 Å². The molecule has 0 spiro atoms. The average molecular weight is 158 g/mol. The van der Waals surface area contributed by atoms with Gasteiger partial charge in [-0.05, 0) is 56.8 Å². The van der Waals surface area contributed by atoms with Gasteiger partial charge in [-0.3, -0.25) is 0 Å². The first kappa shape index (κ1) is 6.99. The summed E-state index contributed by atoms with van der Waals surface area (Å²) in [4.78, 5) is 0. The van der Waals surface area contributed by atoms with Crippen molar-refractivity contribution in [2.75, 3.05) is 0 Å². The molecular weight excluding hydrogens is 144 g/mol. The van der Waals surface area contributed by atoms with Crippen LogP contribution in [0.1, 0.15) is 32.1 Å². The Morgan fingerprint density at radius 2 is 1.80 bits per heavy atom. The van der Waals surface area contributed by atoms with Gasteiger partial charge in [0.2, 0.25) is 0 Å². The highest BCUT2D eigenvalue weighted by atomic mass is 32.1. The van der Waals surface area contributed by atoms with E-state index in [0.29, 0.717) is 6.10 Å². The van der Waals surface area contributed by atoms with Crippen molar-refractivity contribution in [2.45, 2.75) is 38.2 Å². The molecule has 2 bridgehead atoms. The van der Waals surface area contributed by atoms with Gasteiger partial charge in [-0.2, -0.15) is 0 Å². The lowest BCUT2D eigenvalue weighted by Crippen LogP contribution is -2.35. The molecule has 0 radical (unpaired) electrons. The SMILES string of the molecule is SOC1CC2CCC1CC2. The molecule has 3 fully saturated rings. The topological polar surface area (TPSA) is 9.23 Å². The van der Waals surface area contributed by atoms with E-state index < -0.39 is 0 Å². The Balaban J connectivity index is 2.01. The maximum atomic E-state index is 5.12. The number of hydrogen-bond acceptors (Lipinski definition) is 2. The van der Waals surface area contributed by atoms with Gasteiger partial charge >= 0.3 is 0 Å². The molecule has 3 saturated carbocycles. The average Bonchev–Trinajstić information content (AvgIpc) is 2.06. The molecule has 1 unspecified atom stereocenters. The summed E-state index contributed by atoms with van der Waals surface area (Å²) in [6, 6.07) is 0. The fraction of sp³-hybridized carbons (Fsp3) is 1.00. The Hall–Kier alpha value is 0.310. The van der Waals surface area contributed by atoms with Gasteiger partial charge < -0.3 is 4.18 Å². The van der Waals surface area contributed by atoms with Gasteiger partial charge in [-0.1, -0.05) is 0 Å². The van der Waals surface area contributed by atoms with E-state index in [4.69, 9.17) is 4.18 Å². The monoisotopic (exact) mass is 158 g/mol. The quantitative estimate of drug-likeness (QED) is 0.455. The highest BCUT2D eigenvalue weighted by Crippen LogP contribution is 2.42. The first-order valence-corrected chi connectivity index (χ1v) is 4.57. The Bertz CT molecular complexity index is 118. The molecule has 0 aromatic carbocycles. The zero-order chi connectivity index (χ0) is 6.97. The van der Waals surface area contributed by atoms with E-state index in [2.05, 4.69) is 12.9 Å². The minimum absolute atomic E-state index is 0.482. The van der Waals surface area contributed by atoms with Crippen molar-refractivity contribution in [3.05, 3.63) is 0 Å². The highest BCUT2D eigenvalue weighted by Gasteiger charge is 2.35. The van der Waals surface area contributed by atoms with Crippen molar-refractivity contribution < 1.29 is 4.18 Å². The lowest BCUT2D eigenvalue weighted by atomic mass is 9.69. The van der Waals surface area contributed by atoms with E-state index in [1.165, 1.54) is 32.1 Å². The van der Waals surface area contributed by atoms with E-state index in [-0.39, 0.29) is 0 Å². The van der Waals surface area contributed by atoms with E-state index in [9.17, 15) is 0 Å². The molecule has 2 heteroatoms. The molecule has 1 atom stereocenters. The summed E-state index contributed by atoms with van der Waals surface area (Å²) in [7, 11) is 0. The second kappa shape index (κ2) is 2.74. The summed E-state index contributed by atoms with van der Waals surface area (Å²) in [5.41, 5.74) is 0. The molecule has 3 aliphatic carbocycles. The van der Waals surface area contributed by atoms with Gasteiger partial charge in [0.15, 0.2) is 0 Å². The van der Waals surface area contributed by atoms with E-state index in [1.54, 1.807) is 0 Å². The Labute approximate surface area is 67.8 Å². The minimum atomic E-state index is 0.482. The smallest absolute Gasteiger partial charge is 0.0749 e. The number of thiol groups is 1. The molecule has 0 aromatic rings. The number of rotatable bonds is 1. The molecule has 58 valence electrons. The molecule has 0 saturated heterocycles. The van der Waals surface area contributed by atoms with E-state index >= 15 is 0 Å². The summed E-state index contributed by atoms with van der Waals surface area (Å²) in [6.07, 6.45) is 7.41. The number of hydrogen-bond donors (Lipinski definition) is 1. The predicted molar refractivity (Wildman–Crippen MR) is 43.9 cm³/mol. The van der Waals surface area contributed by atoms with Gasteiger partial charge in [-0.15, -0.1) is 0 Å². The second-order valence-corrected chi connectivity index (χ2v) is 3.87. The molecule has 0 N–H and O–H groups in total. The van der Waals surface area contributed by atoms with E-state index in [0.717, 1.165) is 11.8 Å². The van der Waals surface area contributed by atoms with Crippen molar-refractivity contribution in [1.29, 1.82) is 0 Å². The van der Waals surface area contributed by atoms with Crippen LogP contribution in [0.25, 0.3) is 0 Å². The fourth-order valence-electron chi connectivity index (χ4n) is 2.45. The molecule has 1 nitrogen and oxygen atoms in total. The van der Waals surface area contributed by atoms with Crippen LogP contribution < -0.4 is 0 Å². The molecule has 10 heavy (non-hydrogen) atoms. The zero-order valence-electron chi connectivity index (χ0n) is 6.12. The van der Waals surface area contributed by atoms with Crippen LogP contribution in [-0.4, -0.2) is 6.10 Å². The predicted octanol–water partition coefficient (Wildman–Crippen LogP) is 2.43. The summed E-state index contributed by atoms with van der Waals surface area (Å²) >= 11 is 3.90. The van der Waals surface area contributed by atoms with Crippen molar-refractivity contribution in [3.8, 4) is 0 Å². The molecule has 3 aliphatic rings. The van der Waals surface area contributed by atoms with Crippen LogP contribution in [0.15, 0.2) is 0 Å². The van der Waals surface area contributed by atoms with Crippen molar-refractivity contribution in [1.82, 2.24) is 0 Å². The highest BCUT2D eigenvalue weighted by molar-refractivity contribution is 7.75. The third-order valence-corrected chi connectivity index (χ3v) is 3.39. The zero-order valence-corrected chi connectivity index (χ0v) is 7.02. The third-order valence-electron chi connectivity index (χ3n) is 3.12. The van der Waals surface area contributed by atoms with Crippen molar-refractivity contribution >= 4 is 12.9 Å². The van der Waals surface area contributed by atoms with Gasteiger partial charge in [-0.25, -0.2) is 0 Å². The first-order chi connectivity index (χ1) is 4.90. The van der Waals surface area contributed by atoms with Crippen molar-refractivity contribution in [3.63, 3.8) is 0 Å². The van der Waals surface area contributed by atoms with Gasteiger partial charge in [0, 0.05) is 0 Å². The maximum Gasteiger partial charge on any atom is 0.0749 e. The lowest BCUT2D eigenvalue weighted by Gasteiger charge is -2.40. The van der Waals surface area contributed by atoms with Crippen LogP contribution in [0.5, 0.6) is 0 Å². The molecule has 3 rings (SSSR count). The third kappa shape index (κ3) is 1.08. The fourth-order valence-corrected chi connectivity index (χ4v) is 2.70. The Morgan fingerprint density at radius 1 is 1.10 bits per heavy atom. The standard InChI is InChI=1S/C8H14OS/c10-9-8-5-6-1-3-7(8)4-2-6/h6-8,10H,1-5H2. The van der Waals surface area contributed by atoms with Crippen LogP contribution in [0, 0.1) is 11.8 Å². The normalized spacial score (nSPS) is 45.9. The summed E-state index contributed by atoms with van der Waals surface area (Å²) in [5, 5.41) is 0. The van der Waals surface area contributed by atoms with Gasteiger partial charge in [0.05, 0.1) is 6.10 Å². The Morgan fingerprint density at radius 3 is 2.10 bits per heavy atom. The first-order valence-electron chi connectivity index (χ1n) is 4.20. The Kier molecular flexibility index (Phi) is 1.92.